The van der Waals surface area contributed by atoms with Gasteiger partial charge in [-0.1, -0.05) is 41.9 Å². The molecule has 0 aliphatic heterocycles. The van der Waals surface area contributed by atoms with Gasteiger partial charge in [0, 0.05) is 39.9 Å². The number of benzene rings is 3. The van der Waals surface area contributed by atoms with Gasteiger partial charge in [0.05, 0.1) is 7.11 Å². The molecule has 6 nitrogen and oxygen atoms in total. The van der Waals surface area contributed by atoms with E-state index in [0.717, 1.165) is 23.2 Å². The minimum Gasteiger partial charge on any atom is -0.497 e. The SMILES string of the molecule is COc1cccc(C(=O)NC(=NCCc2c[nH]c3ccccc23)Nc2cccc(Cl)c2C)c1. The van der Waals surface area contributed by atoms with E-state index in [0.29, 0.717) is 28.8 Å². The lowest BCUT2D eigenvalue weighted by Gasteiger charge is -2.14. The molecule has 0 fully saturated rings. The van der Waals surface area contributed by atoms with E-state index in [-0.39, 0.29) is 5.91 Å². The maximum atomic E-state index is 12.9. The molecule has 3 N–H and O–H groups in total. The Hall–Kier alpha value is -3.77. The Morgan fingerprint density at radius 3 is 2.76 bits per heavy atom. The van der Waals surface area contributed by atoms with Gasteiger partial charge in [-0.3, -0.25) is 15.1 Å². The fourth-order valence-electron chi connectivity index (χ4n) is 3.55. The molecule has 4 rings (SSSR count). The van der Waals surface area contributed by atoms with Crippen molar-refractivity contribution in [2.24, 2.45) is 4.99 Å². The van der Waals surface area contributed by atoms with Crippen LogP contribution in [0, 0.1) is 6.92 Å². The number of carbonyl (C=O) groups excluding carboxylic acids is 1. The Morgan fingerprint density at radius 1 is 1.09 bits per heavy atom. The summed E-state index contributed by atoms with van der Waals surface area (Å²) in [5, 5.41) is 7.93. The van der Waals surface area contributed by atoms with Crippen LogP contribution in [0.1, 0.15) is 21.5 Å². The summed E-state index contributed by atoms with van der Waals surface area (Å²) in [5.41, 5.74) is 4.39. The Bertz CT molecular complexity index is 1310. The van der Waals surface area contributed by atoms with Crippen molar-refractivity contribution in [3.05, 3.63) is 94.6 Å². The number of aromatic amines is 1. The molecule has 33 heavy (non-hydrogen) atoms. The number of guanidine groups is 1. The summed E-state index contributed by atoms with van der Waals surface area (Å²) in [4.78, 5) is 20.9. The summed E-state index contributed by atoms with van der Waals surface area (Å²) in [6.07, 6.45) is 2.72. The van der Waals surface area contributed by atoms with Gasteiger partial charge in [0.2, 0.25) is 5.96 Å². The Balaban J connectivity index is 1.55. The van der Waals surface area contributed by atoms with E-state index in [1.54, 1.807) is 31.4 Å². The normalized spacial score (nSPS) is 11.4. The van der Waals surface area contributed by atoms with Crippen LogP contribution in [0.15, 0.2) is 77.9 Å². The third kappa shape index (κ3) is 5.35. The Labute approximate surface area is 197 Å². The molecule has 0 spiro atoms. The number of fused-ring (bicyclic) bond motifs is 1. The van der Waals surface area contributed by atoms with Gasteiger partial charge >= 0.3 is 0 Å². The molecular formula is C26H25ClN4O2. The van der Waals surface area contributed by atoms with Crippen LogP contribution in [0.3, 0.4) is 0 Å². The van der Waals surface area contributed by atoms with E-state index in [2.05, 4.69) is 26.7 Å². The highest BCUT2D eigenvalue weighted by atomic mass is 35.5. The maximum absolute atomic E-state index is 12.9. The van der Waals surface area contributed by atoms with Crippen molar-refractivity contribution in [1.29, 1.82) is 0 Å². The van der Waals surface area contributed by atoms with E-state index in [4.69, 9.17) is 16.3 Å². The molecule has 0 radical (unpaired) electrons. The van der Waals surface area contributed by atoms with E-state index in [9.17, 15) is 4.79 Å². The van der Waals surface area contributed by atoms with E-state index >= 15 is 0 Å². The molecule has 0 saturated heterocycles. The highest BCUT2D eigenvalue weighted by Gasteiger charge is 2.12. The molecular weight excluding hydrogens is 436 g/mol. The second-order valence-corrected chi connectivity index (χ2v) is 7.97. The van der Waals surface area contributed by atoms with Crippen molar-refractivity contribution < 1.29 is 9.53 Å². The molecule has 0 unspecified atom stereocenters. The third-order valence-electron chi connectivity index (χ3n) is 5.41. The van der Waals surface area contributed by atoms with E-state index in [1.165, 1.54) is 10.9 Å². The number of hydrogen-bond acceptors (Lipinski definition) is 3. The number of nitrogens with zero attached hydrogens (tertiary/aromatic N) is 1. The zero-order valence-corrected chi connectivity index (χ0v) is 19.2. The number of nitrogens with one attached hydrogen (secondary N) is 3. The Morgan fingerprint density at radius 2 is 1.91 bits per heavy atom. The van der Waals surface area contributed by atoms with Crippen molar-refractivity contribution in [2.75, 3.05) is 19.0 Å². The minimum atomic E-state index is -0.285. The Kier molecular flexibility index (Phi) is 6.95. The highest BCUT2D eigenvalue weighted by molar-refractivity contribution is 6.31. The number of H-pyrrole nitrogens is 1. The summed E-state index contributed by atoms with van der Waals surface area (Å²) in [6, 6.07) is 20.7. The van der Waals surface area contributed by atoms with E-state index in [1.807, 2.05) is 49.5 Å². The van der Waals surface area contributed by atoms with Gasteiger partial charge in [-0.25, -0.2) is 0 Å². The fraction of sp³-hybridized carbons (Fsp3) is 0.154. The predicted octanol–water partition coefficient (Wildman–Crippen LogP) is 5.58. The number of halogens is 1. The molecule has 3 aromatic carbocycles. The number of ether oxygens (including phenoxy) is 1. The molecule has 7 heteroatoms. The molecule has 1 amide bonds. The molecule has 4 aromatic rings. The lowest BCUT2D eigenvalue weighted by Crippen LogP contribution is -2.36. The second kappa shape index (κ2) is 10.2. The van der Waals surface area contributed by atoms with Gasteiger partial charge in [-0.05, 0) is 60.9 Å². The van der Waals surface area contributed by atoms with Gasteiger partial charge in [0.15, 0.2) is 0 Å². The molecule has 0 atom stereocenters. The first-order valence-electron chi connectivity index (χ1n) is 10.6. The molecule has 1 aromatic heterocycles. The zero-order valence-electron chi connectivity index (χ0n) is 18.5. The smallest absolute Gasteiger partial charge is 0.258 e. The van der Waals surface area contributed by atoms with Crippen LogP contribution in [0.25, 0.3) is 10.9 Å². The first kappa shape index (κ1) is 22.4. The summed E-state index contributed by atoms with van der Waals surface area (Å²) in [6.45, 7) is 2.40. The lowest BCUT2D eigenvalue weighted by atomic mass is 10.1. The van der Waals surface area contributed by atoms with Gasteiger partial charge in [0.25, 0.3) is 5.91 Å². The van der Waals surface area contributed by atoms with Crippen LogP contribution in [0.2, 0.25) is 5.02 Å². The van der Waals surface area contributed by atoms with Crippen LogP contribution < -0.4 is 15.4 Å². The topological polar surface area (TPSA) is 78.5 Å². The van der Waals surface area contributed by atoms with Crippen molar-refractivity contribution in [2.45, 2.75) is 13.3 Å². The molecule has 168 valence electrons. The van der Waals surface area contributed by atoms with Gasteiger partial charge in [0.1, 0.15) is 5.75 Å². The predicted molar refractivity (Wildman–Crippen MR) is 135 cm³/mol. The van der Waals surface area contributed by atoms with Gasteiger partial charge in [-0.2, -0.15) is 0 Å². The molecule has 0 saturated carbocycles. The fourth-order valence-corrected chi connectivity index (χ4v) is 3.73. The molecule has 0 bridgehead atoms. The summed E-state index contributed by atoms with van der Waals surface area (Å²) in [7, 11) is 1.57. The van der Waals surface area contributed by atoms with Crippen molar-refractivity contribution in [1.82, 2.24) is 10.3 Å². The number of aromatic nitrogens is 1. The lowest BCUT2D eigenvalue weighted by molar-refractivity contribution is 0.0976. The molecule has 0 aliphatic carbocycles. The summed E-state index contributed by atoms with van der Waals surface area (Å²) in [5.74, 6) is 0.680. The number of anilines is 1. The second-order valence-electron chi connectivity index (χ2n) is 7.56. The summed E-state index contributed by atoms with van der Waals surface area (Å²) >= 11 is 6.28. The number of hydrogen-bond donors (Lipinski definition) is 3. The van der Waals surface area contributed by atoms with E-state index < -0.39 is 0 Å². The van der Waals surface area contributed by atoms with Crippen molar-refractivity contribution in [3.8, 4) is 5.75 Å². The quantitative estimate of drug-likeness (QED) is 0.259. The maximum Gasteiger partial charge on any atom is 0.258 e. The van der Waals surface area contributed by atoms with Crippen LogP contribution in [-0.2, 0) is 6.42 Å². The number of aliphatic imine (C=N–C) groups is 1. The van der Waals surface area contributed by atoms with Crippen LogP contribution in [0.4, 0.5) is 5.69 Å². The number of carbonyl (C=O) groups is 1. The standard InChI is InChI=1S/C26H25ClN4O2/c1-17-22(27)10-6-12-23(17)30-26(31-25(32)18-7-5-8-20(15-18)33-2)28-14-13-19-16-29-24-11-4-3-9-21(19)24/h3-12,15-16,29H,13-14H2,1-2H3,(H2,28,30,31,32). The van der Waals surface area contributed by atoms with Crippen molar-refractivity contribution in [3.63, 3.8) is 0 Å². The first-order chi connectivity index (χ1) is 16.0. The largest absolute Gasteiger partial charge is 0.497 e. The number of rotatable bonds is 6. The third-order valence-corrected chi connectivity index (χ3v) is 5.82. The zero-order chi connectivity index (χ0) is 23.2. The van der Waals surface area contributed by atoms with Crippen LogP contribution in [-0.4, -0.2) is 30.5 Å². The summed E-state index contributed by atoms with van der Waals surface area (Å²) < 4.78 is 5.23. The van der Waals surface area contributed by atoms with Gasteiger partial charge < -0.3 is 15.0 Å². The van der Waals surface area contributed by atoms with Crippen LogP contribution >= 0.6 is 11.6 Å². The monoisotopic (exact) mass is 460 g/mol. The average Bonchev–Trinajstić information content (AvgIpc) is 3.25. The minimum absolute atomic E-state index is 0.285. The number of methoxy groups -OCH3 is 1. The van der Waals surface area contributed by atoms with Crippen LogP contribution in [0.5, 0.6) is 5.75 Å². The molecule has 0 aliphatic rings. The molecule has 1 heterocycles. The van der Waals surface area contributed by atoms with Crippen molar-refractivity contribution >= 4 is 40.1 Å². The average molecular weight is 461 g/mol. The highest BCUT2D eigenvalue weighted by Crippen LogP contribution is 2.23. The number of para-hydroxylation sites is 1. The number of amides is 1. The first-order valence-corrected chi connectivity index (χ1v) is 11.0. The van der Waals surface area contributed by atoms with Gasteiger partial charge in [-0.15, -0.1) is 0 Å².